The van der Waals surface area contributed by atoms with Crippen LogP contribution in [0.15, 0.2) is 30.8 Å². The van der Waals surface area contributed by atoms with Crippen molar-refractivity contribution in [1.82, 2.24) is 5.32 Å². The van der Waals surface area contributed by atoms with E-state index in [4.69, 9.17) is 4.74 Å². The fourth-order valence-corrected chi connectivity index (χ4v) is 1.45. The predicted molar refractivity (Wildman–Crippen MR) is 81.2 cm³/mol. The minimum absolute atomic E-state index is 0.820. The first-order valence-corrected chi connectivity index (χ1v) is 6.72. The van der Waals surface area contributed by atoms with Gasteiger partial charge in [-0.25, -0.2) is 0 Å². The van der Waals surface area contributed by atoms with Gasteiger partial charge in [0.05, 0.1) is 6.61 Å². The smallest absolute Gasteiger partial charge is 0.119 e. The molecule has 0 aliphatic heterocycles. The summed E-state index contributed by atoms with van der Waals surface area (Å²) in [5, 5.41) is 2.75. The van der Waals surface area contributed by atoms with Crippen molar-refractivity contribution >= 4 is 6.08 Å². The molecule has 1 aromatic carbocycles. The Balaban J connectivity index is 0.000000873. The van der Waals surface area contributed by atoms with Gasteiger partial charge in [0.2, 0.25) is 0 Å². The van der Waals surface area contributed by atoms with Gasteiger partial charge in [-0.2, -0.15) is 0 Å². The Morgan fingerprint density at radius 1 is 1.22 bits per heavy atom. The first-order valence-electron chi connectivity index (χ1n) is 6.72. The maximum atomic E-state index is 5.65. The van der Waals surface area contributed by atoms with Gasteiger partial charge in [0.25, 0.3) is 0 Å². The summed E-state index contributed by atoms with van der Waals surface area (Å²) in [6.07, 6.45) is 6.82. The molecule has 102 valence electrons. The van der Waals surface area contributed by atoms with Crippen LogP contribution in [0, 0.1) is 0 Å². The van der Waals surface area contributed by atoms with Crippen LogP contribution in [0.25, 0.3) is 6.08 Å². The number of rotatable bonds is 7. The molecule has 0 saturated heterocycles. The molecule has 0 spiro atoms. The molecule has 0 radical (unpaired) electrons. The standard InChI is InChI=1S/C14H20O.C2H7N/c1-3-5-6-7-11-15-14-10-8-9-13(4-2)12-14;1-3-2/h4,8-10,12H,2-3,5-7,11H2,1H3;3H,1-2H3. The number of nitrogens with one attached hydrogen (secondary N) is 1. The van der Waals surface area contributed by atoms with Crippen molar-refractivity contribution in [2.45, 2.75) is 32.6 Å². The van der Waals surface area contributed by atoms with Gasteiger partial charge in [-0.05, 0) is 38.2 Å². The van der Waals surface area contributed by atoms with Crippen LogP contribution in [0.1, 0.15) is 38.2 Å². The fourth-order valence-electron chi connectivity index (χ4n) is 1.45. The highest BCUT2D eigenvalue weighted by molar-refractivity contribution is 5.49. The van der Waals surface area contributed by atoms with Gasteiger partial charge in [-0.15, -0.1) is 0 Å². The van der Waals surface area contributed by atoms with Gasteiger partial charge in [-0.3, -0.25) is 0 Å². The summed E-state index contributed by atoms with van der Waals surface area (Å²) in [5.41, 5.74) is 1.11. The number of ether oxygens (including phenoxy) is 1. The topological polar surface area (TPSA) is 21.3 Å². The van der Waals surface area contributed by atoms with Gasteiger partial charge in [0.15, 0.2) is 0 Å². The SMILES string of the molecule is C=Cc1cccc(OCCCCCC)c1.CNC. The predicted octanol–water partition coefficient (Wildman–Crippen LogP) is 4.12. The van der Waals surface area contributed by atoms with Gasteiger partial charge in [0, 0.05) is 0 Å². The largest absolute Gasteiger partial charge is 0.494 e. The van der Waals surface area contributed by atoms with Gasteiger partial charge < -0.3 is 10.1 Å². The molecular formula is C16H27NO. The maximum Gasteiger partial charge on any atom is 0.119 e. The van der Waals surface area contributed by atoms with Gasteiger partial charge in [-0.1, -0.05) is 51.0 Å². The van der Waals surface area contributed by atoms with E-state index in [2.05, 4.69) is 18.8 Å². The van der Waals surface area contributed by atoms with Crippen LogP contribution >= 0.6 is 0 Å². The lowest BCUT2D eigenvalue weighted by molar-refractivity contribution is 0.305. The minimum Gasteiger partial charge on any atom is -0.494 e. The number of unbranched alkanes of at least 4 members (excludes halogenated alkanes) is 3. The molecule has 0 amide bonds. The highest BCUT2D eigenvalue weighted by Crippen LogP contribution is 2.14. The van der Waals surface area contributed by atoms with Crippen LogP contribution < -0.4 is 10.1 Å². The summed E-state index contributed by atoms with van der Waals surface area (Å²) in [6.45, 7) is 6.77. The highest BCUT2D eigenvalue weighted by atomic mass is 16.5. The average Bonchev–Trinajstić information content (AvgIpc) is 2.40. The summed E-state index contributed by atoms with van der Waals surface area (Å²) in [7, 11) is 3.75. The molecular weight excluding hydrogens is 222 g/mol. The molecule has 0 unspecified atom stereocenters. The van der Waals surface area contributed by atoms with Crippen LogP contribution in [0.5, 0.6) is 5.75 Å². The molecule has 0 heterocycles. The van der Waals surface area contributed by atoms with Crippen molar-refractivity contribution in [3.05, 3.63) is 36.4 Å². The lowest BCUT2D eigenvalue weighted by atomic mass is 10.2. The van der Waals surface area contributed by atoms with Crippen molar-refractivity contribution in [2.24, 2.45) is 0 Å². The van der Waals surface area contributed by atoms with Crippen molar-refractivity contribution in [3.63, 3.8) is 0 Å². The molecule has 0 aliphatic rings. The van der Waals surface area contributed by atoms with E-state index in [9.17, 15) is 0 Å². The zero-order valence-electron chi connectivity index (χ0n) is 12.0. The van der Waals surface area contributed by atoms with Crippen LogP contribution in [-0.2, 0) is 0 Å². The summed E-state index contributed by atoms with van der Waals surface area (Å²) >= 11 is 0. The third-order valence-corrected chi connectivity index (χ3v) is 2.36. The second kappa shape index (κ2) is 12.2. The van der Waals surface area contributed by atoms with E-state index < -0.39 is 0 Å². The zero-order valence-corrected chi connectivity index (χ0v) is 12.0. The normalized spacial score (nSPS) is 9.28. The van der Waals surface area contributed by atoms with Crippen LogP contribution in [-0.4, -0.2) is 20.7 Å². The molecule has 0 aliphatic carbocycles. The lowest BCUT2D eigenvalue weighted by Crippen LogP contribution is -1.97. The molecule has 2 heteroatoms. The molecule has 1 rings (SSSR count). The van der Waals surface area contributed by atoms with E-state index in [1.54, 1.807) is 0 Å². The summed E-state index contributed by atoms with van der Waals surface area (Å²) in [6, 6.07) is 8.04. The Morgan fingerprint density at radius 3 is 2.56 bits per heavy atom. The average molecular weight is 249 g/mol. The van der Waals surface area contributed by atoms with Crippen molar-refractivity contribution in [3.8, 4) is 5.75 Å². The lowest BCUT2D eigenvalue weighted by Gasteiger charge is -2.06. The van der Waals surface area contributed by atoms with E-state index in [0.717, 1.165) is 24.3 Å². The van der Waals surface area contributed by atoms with E-state index in [0.29, 0.717) is 0 Å². The Labute approximate surface area is 112 Å². The van der Waals surface area contributed by atoms with E-state index in [-0.39, 0.29) is 0 Å². The molecule has 0 saturated carbocycles. The Hall–Kier alpha value is -1.28. The Bertz CT molecular complexity index is 310. The first-order chi connectivity index (χ1) is 8.78. The Morgan fingerprint density at radius 2 is 1.94 bits per heavy atom. The first kappa shape index (κ1) is 16.7. The molecule has 1 N–H and O–H groups in total. The van der Waals surface area contributed by atoms with Crippen LogP contribution in [0.4, 0.5) is 0 Å². The summed E-state index contributed by atoms with van der Waals surface area (Å²) in [4.78, 5) is 0. The van der Waals surface area contributed by atoms with Gasteiger partial charge >= 0.3 is 0 Å². The van der Waals surface area contributed by atoms with Crippen molar-refractivity contribution in [1.29, 1.82) is 0 Å². The third kappa shape index (κ3) is 8.82. The molecule has 0 aromatic heterocycles. The number of benzene rings is 1. The van der Waals surface area contributed by atoms with Crippen molar-refractivity contribution < 1.29 is 4.74 Å². The Kier molecular flexibility index (Phi) is 11.3. The zero-order chi connectivity index (χ0) is 13.6. The van der Waals surface area contributed by atoms with E-state index in [1.165, 1.54) is 19.3 Å². The molecule has 1 aromatic rings. The highest BCUT2D eigenvalue weighted by Gasteiger charge is 1.94. The third-order valence-electron chi connectivity index (χ3n) is 2.36. The molecule has 0 fully saturated rings. The van der Waals surface area contributed by atoms with Gasteiger partial charge in [0.1, 0.15) is 5.75 Å². The molecule has 0 atom stereocenters. The fraction of sp³-hybridized carbons (Fsp3) is 0.500. The number of hydrogen-bond donors (Lipinski definition) is 1. The second-order valence-corrected chi connectivity index (χ2v) is 4.19. The summed E-state index contributed by atoms with van der Waals surface area (Å²) in [5.74, 6) is 0.948. The minimum atomic E-state index is 0.820. The second-order valence-electron chi connectivity index (χ2n) is 4.19. The molecule has 18 heavy (non-hydrogen) atoms. The van der Waals surface area contributed by atoms with Crippen LogP contribution in [0.2, 0.25) is 0 Å². The maximum absolute atomic E-state index is 5.65. The van der Waals surface area contributed by atoms with Crippen LogP contribution in [0.3, 0.4) is 0 Å². The quantitative estimate of drug-likeness (QED) is 0.734. The summed E-state index contributed by atoms with van der Waals surface area (Å²) < 4.78 is 5.65. The monoisotopic (exact) mass is 249 g/mol. The molecule has 2 nitrogen and oxygen atoms in total. The van der Waals surface area contributed by atoms with E-state index in [1.807, 2.05) is 44.4 Å². The number of hydrogen-bond acceptors (Lipinski definition) is 2. The van der Waals surface area contributed by atoms with E-state index >= 15 is 0 Å². The van der Waals surface area contributed by atoms with Crippen molar-refractivity contribution in [2.75, 3.05) is 20.7 Å². The molecule has 0 bridgehead atoms.